The molecule has 1 aromatic carbocycles. The lowest BCUT2D eigenvalue weighted by Crippen LogP contribution is -2.38. The van der Waals surface area contributed by atoms with Gasteiger partial charge >= 0.3 is 0 Å². The average molecular weight is 417 g/mol. The Morgan fingerprint density at radius 2 is 2.00 bits per heavy atom. The number of rotatable bonds is 5. The van der Waals surface area contributed by atoms with E-state index in [0.29, 0.717) is 36.9 Å². The monoisotopic (exact) mass is 417 g/mol. The minimum absolute atomic E-state index is 0.0449. The van der Waals surface area contributed by atoms with Gasteiger partial charge < -0.3 is 9.64 Å². The summed E-state index contributed by atoms with van der Waals surface area (Å²) in [7, 11) is 1.64. The summed E-state index contributed by atoms with van der Waals surface area (Å²) in [6.07, 6.45) is 8.68. The molecule has 0 N–H and O–H groups in total. The van der Waals surface area contributed by atoms with Gasteiger partial charge in [-0.3, -0.25) is 9.48 Å². The summed E-state index contributed by atoms with van der Waals surface area (Å²) < 4.78 is 9.10. The first-order valence-corrected chi connectivity index (χ1v) is 10.3. The maximum absolute atomic E-state index is 13.2. The van der Waals surface area contributed by atoms with E-state index in [1.165, 1.54) is 6.33 Å². The second-order valence-corrected chi connectivity index (χ2v) is 7.64. The van der Waals surface area contributed by atoms with Crippen LogP contribution in [0.2, 0.25) is 0 Å². The highest BCUT2D eigenvalue weighted by atomic mass is 16.5. The highest BCUT2D eigenvalue weighted by Crippen LogP contribution is 2.29. The molecule has 0 spiro atoms. The molecule has 0 saturated carbocycles. The van der Waals surface area contributed by atoms with E-state index in [1.54, 1.807) is 24.0 Å². The van der Waals surface area contributed by atoms with Crippen LogP contribution in [-0.4, -0.2) is 60.4 Å². The maximum atomic E-state index is 13.2. The number of piperidine rings is 1. The number of benzene rings is 1. The predicted octanol–water partition coefficient (Wildman–Crippen LogP) is 2.40. The molecule has 4 aromatic rings. The van der Waals surface area contributed by atoms with Crippen molar-refractivity contribution in [3.05, 3.63) is 72.1 Å². The highest BCUT2D eigenvalue weighted by molar-refractivity contribution is 5.94. The van der Waals surface area contributed by atoms with Crippen molar-refractivity contribution in [3.63, 3.8) is 0 Å². The zero-order valence-electron chi connectivity index (χ0n) is 17.3. The van der Waals surface area contributed by atoms with Crippen molar-refractivity contribution in [3.8, 4) is 5.75 Å². The van der Waals surface area contributed by atoms with Crippen LogP contribution in [0.25, 0.3) is 5.78 Å². The van der Waals surface area contributed by atoms with Crippen LogP contribution in [-0.2, 0) is 6.54 Å². The normalized spacial score (nSPS) is 14.8. The number of nitrogens with zero attached hydrogens (tertiary/aromatic N) is 7. The molecule has 0 bridgehead atoms. The molecule has 9 nitrogen and oxygen atoms in total. The van der Waals surface area contributed by atoms with Crippen molar-refractivity contribution in [1.29, 1.82) is 0 Å². The summed E-state index contributed by atoms with van der Waals surface area (Å²) in [5, 5.41) is 8.55. The van der Waals surface area contributed by atoms with Gasteiger partial charge in [-0.25, -0.2) is 9.50 Å². The zero-order valence-corrected chi connectivity index (χ0v) is 17.3. The molecule has 0 unspecified atom stereocenters. The van der Waals surface area contributed by atoms with Crippen molar-refractivity contribution in [2.24, 2.45) is 0 Å². The molecule has 9 heteroatoms. The fraction of sp³-hybridized carbons (Fsp3) is 0.318. The number of carbonyl (C=O) groups is 1. The first kappa shape index (κ1) is 19.2. The van der Waals surface area contributed by atoms with Crippen LogP contribution in [0.5, 0.6) is 5.75 Å². The smallest absolute Gasteiger partial charge is 0.253 e. The number of hydrogen-bond acceptors (Lipinski definition) is 6. The minimum Gasteiger partial charge on any atom is -0.496 e. The van der Waals surface area contributed by atoms with Crippen molar-refractivity contribution in [2.45, 2.75) is 25.3 Å². The van der Waals surface area contributed by atoms with E-state index in [1.807, 2.05) is 46.1 Å². The Labute approximate surface area is 179 Å². The van der Waals surface area contributed by atoms with Gasteiger partial charge in [-0.2, -0.15) is 15.2 Å². The quantitative estimate of drug-likeness (QED) is 0.495. The summed E-state index contributed by atoms with van der Waals surface area (Å²) in [4.78, 5) is 23.5. The first-order valence-electron chi connectivity index (χ1n) is 10.3. The molecule has 31 heavy (non-hydrogen) atoms. The third kappa shape index (κ3) is 3.74. The molecule has 0 aliphatic carbocycles. The topological polar surface area (TPSA) is 90.4 Å². The molecular weight excluding hydrogens is 394 g/mol. The Morgan fingerprint density at radius 3 is 2.77 bits per heavy atom. The molecule has 3 aromatic heterocycles. The van der Waals surface area contributed by atoms with Crippen LogP contribution >= 0.6 is 0 Å². The van der Waals surface area contributed by atoms with Crippen molar-refractivity contribution in [2.75, 3.05) is 20.2 Å². The molecule has 158 valence electrons. The van der Waals surface area contributed by atoms with E-state index in [-0.39, 0.29) is 5.91 Å². The Morgan fingerprint density at radius 1 is 1.13 bits per heavy atom. The average Bonchev–Trinajstić information content (AvgIpc) is 3.50. The largest absolute Gasteiger partial charge is 0.496 e. The van der Waals surface area contributed by atoms with Crippen LogP contribution in [0, 0.1) is 0 Å². The van der Waals surface area contributed by atoms with E-state index in [9.17, 15) is 4.79 Å². The number of methoxy groups -OCH3 is 1. The SMILES string of the molecule is COc1ccc(C(=O)N2CCC(c3ccnc4ncnn34)CC2)cc1Cn1cccn1. The number of carbonyl (C=O) groups excluding carboxylic acids is 1. The summed E-state index contributed by atoms with van der Waals surface area (Å²) in [5.41, 5.74) is 2.70. The predicted molar refractivity (Wildman–Crippen MR) is 113 cm³/mol. The summed E-state index contributed by atoms with van der Waals surface area (Å²) >= 11 is 0. The summed E-state index contributed by atoms with van der Waals surface area (Å²) in [5.74, 6) is 1.73. The van der Waals surface area contributed by atoms with E-state index < -0.39 is 0 Å². The van der Waals surface area contributed by atoms with E-state index in [0.717, 1.165) is 29.8 Å². The molecule has 4 heterocycles. The first-order chi connectivity index (χ1) is 15.2. The number of amides is 1. The third-order valence-electron chi connectivity index (χ3n) is 5.83. The van der Waals surface area contributed by atoms with Crippen molar-refractivity contribution >= 4 is 11.7 Å². The lowest BCUT2D eigenvalue weighted by molar-refractivity contribution is 0.0711. The third-order valence-corrected chi connectivity index (χ3v) is 5.83. The van der Waals surface area contributed by atoms with Crippen LogP contribution < -0.4 is 4.74 Å². The fourth-order valence-electron chi connectivity index (χ4n) is 4.23. The van der Waals surface area contributed by atoms with Gasteiger partial charge in [0.25, 0.3) is 11.7 Å². The standard InChI is InChI=1S/C22H23N7O2/c1-31-20-4-3-17(13-18(20)14-28-10-2-8-25-28)21(30)27-11-6-16(7-12-27)19-5-9-23-22-24-15-26-29(19)22/h2-5,8-10,13,15-16H,6-7,11-12,14H2,1H3. The zero-order chi connectivity index (χ0) is 21.2. The summed E-state index contributed by atoms with van der Waals surface area (Å²) in [6.45, 7) is 1.94. The van der Waals surface area contributed by atoms with E-state index >= 15 is 0 Å². The van der Waals surface area contributed by atoms with Gasteiger partial charge in [0, 0.05) is 48.7 Å². The van der Waals surface area contributed by atoms with Crippen LogP contribution in [0.3, 0.4) is 0 Å². The molecule has 1 aliphatic heterocycles. The summed E-state index contributed by atoms with van der Waals surface area (Å²) in [6, 6.07) is 9.48. The number of hydrogen-bond donors (Lipinski definition) is 0. The van der Waals surface area contributed by atoms with Crippen LogP contribution in [0.1, 0.15) is 40.4 Å². The minimum atomic E-state index is 0.0449. The second kappa shape index (κ2) is 8.17. The molecule has 1 aliphatic rings. The lowest BCUT2D eigenvalue weighted by Gasteiger charge is -2.32. The Balaban J connectivity index is 1.30. The number of fused-ring (bicyclic) bond motifs is 1. The van der Waals surface area contributed by atoms with Crippen LogP contribution in [0.15, 0.2) is 55.2 Å². The number of aromatic nitrogens is 6. The Bertz CT molecular complexity index is 1190. The molecule has 1 fully saturated rings. The van der Waals surface area contributed by atoms with Crippen molar-refractivity contribution in [1.82, 2.24) is 34.3 Å². The van der Waals surface area contributed by atoms with Gasteiger partial charge in [0.15, 0.2) is 0 Å². The van der Waals surface area contributed by atoms with Gasteiger partial charge in [0.2, 0.25) is 0 Å². The fourth-order valence-corrected chi connectivity index (χ4v) is 4.23. The van der Waals surface area contributed by atoms with Gasteiger partial charge in [-0.15, -0.1) is 0 Å². The Hall–Kier alpha value is -3.75. The lowest BCUT2D eigenvalue weighted by atomic mass is 9.93. The molecule has 5 rings (SSSR count). The second-order valence-electron chi connectivity index (χ2n) is 7.64. The van der Waals surface area contributed by atoms with E-state index in [2.05, 4.69) is 20.2 Å². The molecule has 0 atom stereocenters. The van der Waals surface area contributed by atoms with Gasteiger partial charge in [-0.05, 0) is 43.2 Å². The molecular formula is C22H23N7O2. The highest BCUT2D eigenvalue weighted by Gasteiger charge is 2.26. The van der Waals surface area contributed by atoms with Gasteiger partial charge in [0.05, 0.1) is 19.3 Å². The molecule has 0 radical (unpaired) electrons. The maximum Gasteiger partial charge on any atom is 0.253 e. The number of ether oxygens (including phenoxy) is 1. The van der Waals surface area contributed by atoms with E-state index in [4.69, 9.17) is 4.74 Å². The molecule has 1 saturated heterocycles. The van der Waals surface area contributed by atoms with Gasteiger partial charge in [-0.1, -0.05) is 0 Å². The number of likely N-dealkylation sites (tertiary alicyclic amines) is 1. The van der Waals surface area contributed by atoms with Crippen LogP contribution in [0.4, 0.5) is 0 Å². The molecule has 1 amide bonds. The van der Waals surface area contributed by atoms with Crippen molar-refractivity contribution < 1.29 is 9.53 Å². The Kier molecular flexibility index (Phi) is 5.07. The van der Waals surface area contributed by atoms with Gasteiger partial charge in [0.1, 0.15) is 12.1 Å².